The van der Waals surface area contributed by atoms with Crippen LogP contribution in [-0.2, 0) is 20.7 Å². The van der Waals surface area contributed by atoms with E-state index in [1.165, 1.54) is 24.3 Å². The van der Waals surface area contributed by atoms with E-state index in [4.69, 9.17) is 14.6 Å². The zero-order valence-electron chi connectivity index (χ0n) is 16.9. The number of nitrogens with one attached hydrogen (secondary N) is 1. The number of ether oxygens (including phenoxy) is 2. The molecule has 0 saturated carbocycles. The van der Waals surface area contributed by atoms with Crippen molar-refractivity contribution in [3.63, 3.8) is 0 Å². The van der Waals surface area contributed by atoms with Crippen LogP contribution in [0.1, 0.15) is 27.7 Å². The molecule has 32 heavy (non-hydrogen) atoms. The SMILES string of the molecule is O=C(Cc1ccccc1)NC(OCC1OC(O)C(O)C(O)C1O)c1ccc(C(=O)O)cc1. The number of carbonyl (C=O) groups is 2. The van der Waals surface area contributed by atoms with Crippen molar-refractivity contribution in [2.24, 2.45) is 0 Å². The number of carboxylic acids is 1. The molecule has 10 nitrogen and oxygen atoms in total. The first-order valence-corrected chi connectivity index (χ1v) is 9.92. The normalized spacial score (nSPS) is 26.3. The maximum Gasteiger partial charge on any atom is 0.335 e. The summed E-state index contributed by atoms with van der Waals surface area (Å²) in [5.74, 6) is -1.48. The van der Waals surface area contributed by atoms with E-state index < -0.39 is 42.9 Å². The molecule has 172 valence electrons. The molecule has 10 heteroatoms. The summed E-state index contributed by atoms with van der Waals surface area (Å²) in [6.07, 6.45) is -8.73. The second kappa shape index (κ2) is 10.6. The van der Waals surface area contributed by atoms with Gasteiger partial charge in [0, 0.05) is 5.56 Å². The topological polar surface area (TPSA) is 166 Å². The largest absolute Gasteiger partial charge is 0.478 e. The van der Waals surface area contributed by atoms with Crippen LogP contribution in [0.5, 0.6) is 0 Å². The van der Waals surface area contributed by atoms with E-state index in [9.17, 15) is 30.0 Å². The number of aliphatic hydroxyl groups is 4. The van der Waals surface area contributed by atoms with E-state index in [0.717, 1.165) is 5.56 Å². The molecule has 0 bridgehead atoms. The summed E-state index contributed by atoms with van der Waals surface area (Å²) in [5.41, 5.74) is 1.26. The van der Waals surface area contributed by atoms with Gasteiger partial charge in [0.2, 0.25) is 5.91 Å². The lowest BCUT2D eigenvalue weighted by Gasteiger charge is -2.38. The third-order valence-electron chi connectivity index (χ3n) is 5.07. The Morgan fingerprint density at radius 2 is 1.59 bits per heavy atom. The van der Waals surface area contributed by atoms with Gasteiger partial charge in [-0.1, -0.05) is 42.5 Å². The van der Waals surface area contributed by atoms with Crippen molar-refractivity contribution < 1.29 is 44.6 Å². The molecule has 0 radical (unpaired) electrons. The van der Waals surface area contributed by atoms with Crippen molar-refractivity contribution in [3.05, 3.63) is 71.3 Å². The van der Waals surface area contributed by atoms with E-state index >= 15 is 0 Å². The molecule has 0 aromatic heterocycles. The zero-order chi connectivity index (χ0) is 23.3. The van der Waals surface area contributed by atoms with Gasteiger partial charge in [-0.05, 0) is 17.7 Å². The summed E-state index contributed by atoms with van der Waals surface area (Å²) in [6.45, 7) is -0.348. The Balaban J connectivity index is 1.72. The zero-order valence-corrected chi connectivity index (χ0v) is 16.9. The summed E-state index contributed by atoms with van der Waals surface area (Å²) >= 11 is 0. The molecular formula is C22H25NO9. The quantitative estimate of drug-likeness (QED) is 0.294. The van der Waals surface area contributed by atoms with E-state index in [-0.39, 0.29) is 24.5 Å². The molecule has 1 fully saturated rings. The minimum Gasteiger partial charge on any atom is -0.478 e. The van der Waals surface area contributed by atoms with E-state index in [2.05, 4.69) is 5.32 Å². The molecule has 6 unspecified atom stereocenters. The van der Waals surface area contributed by atoms with Gasteiger partial charge in [-0.3, -0.25) is 4.79 Å². The summed E-state index contributed by atoms with van der Waals surface area (Å²) in [5, 5.41) is 51.0. The van der Waals surface area contributed by atoms with Crippen LogP contribution in [0.3, 0.4) is 0 Å². The maximum atomic E-state index is 12.6. The highest BCUT2D eigenvalue weighted by Gasteiger charge is 2.43. The molecule has 2 aromatic carbocycles. The number of carbonyl (C=O) groups excluding carboxylic acids is 1. The predicted molar refractivity (Wildman–Crippen MR) is 109 cm³/mol. The van der Waals surface area contributed by atoms with Crippen LogP contribution >= 0.6 is 0 Å². The fraction of sp³-hybridized carbons (Fsp3) is 0.364. The monoisotopic (exact) mass is 447 g/mol. The Morgan fingerprint density at radius 3 is 2.22 bits per heavy atom. The van der Waals surface area contributed by atoms with Gasteiger partial charge in [-0.15, -0.1) is 0 Å². The number of benzene rings is 2. The fourth-order valence-corrected chi connectivity index (χ4v) is 3.26. The van der Waals surface area contributed by atoms with Crippen molar-refractivity contribution in [3.8, 4) is 0 Å². The average molecular weight is 447 g/mol. The van der Waals surface area contributed by atoms with Gasteiger partial charge in [0.15, 0.2) is 12.5 Å². The molecule has 1 heterocycles. The number of hydrogen-bond acceptors (Lipinski definition) is 8. The lowest BCUT2D eigenvalue weighted by Crippen LogP contribution is -2.58. The van der Waals surface area contributed by atoms with Crippen LogP contribution in [0, 0.1) is 0 Å². The third kappa shape index (κ3) is 5.88. The van der Waals surface area contributed by atoms with Crippen LogP contribution in [0.2, 0.25) is 0 Å². The van der Waals surface area contributed by atoms with Crippen LogP contribution in [-0.4, -0.2) is 74.7 Å². The highest BCUT2D eigenvalue weighted by Crippen LogP contribution is 2.23. The molecule has 6 N–H and O–H groups in total. The Bertz CT molecular complexity index is 905. The molecule has 0 aliphatic carbocycles. The first-order chi connectivity index (χ1) is 15.3. The molecule has 1 amide bonds. The van der Waals surface area contributed by atoms with Crippen molar-refractivity contribution in [1.82, 2.24) is 5.32 Å². The Morgan fingerprint density at radius 1 is 0.938 bits per heavy atom. The van der Waals surface area contributed by atoms with E-state index in [1.54, 1.807) is 24.3 Å². The number of carboxylic acid groups (broad SMARTS) is 1. The van der Waals surface area contributed by atoms with Crippen molar-refractivity contribution in [1.29, 1.82) is 0 Å². The molecule has 1 aliphatic rings. The predicted octanol–water partition coefficient (Wildman–Crippen LogP) is -0.441. The van der Waals surface area contributed by atoms with Crippen molar-refractivity contribution in [2.45, 2.75) is 43.4 Å². The van der Waals surface area contributed by atoms with Gasteiger partial charge in [-0.2, -0.15) is 0 Å². The second-order valence-electron chi connectivity index (χ2n) is 7.41. The average Bonchev–Trinajstić information content (AvgIpc) is 2.79. The van der Waals surface area contributed by atoms with Crippen LogP contribution in [0.15, 0.2) is 54.6 Å². The van der Waals surface area contributed by atoms with Gasteiger partial charge < -0.3 is 40.3 Å². The first kappa shape index (κ1) is 23.8. The lowest BCUT2D eigenvalue weighted by atomic mass is 9.99. The minimum absolute atomic E-state index is 0.0504. The van der Waals surface area contributed by atoms with Crippen LogP contribution < -0.4 is 5.32 Å². The van der Waals surface area contributed by atoms with Gasteiger partial charge in [0.1, 0.15) is 24.4 Å². The Kier molecular flexibility index (Phi) is 7.91. The molecule has 2 aromatic rings. The van der Waals surface area contributed by atoms with E-state index in [1.807, 2.05) is 6.07 Å². The summed E-state index contributed by atoms with van der Waals surface area (Å²) in [4.78, 5) is 23.7. The van der Waals surface area contributed by atoms with Gasteiger partial charge in [-0.25, -0.2) is 4.79 Å². The van der Waals surface area contributed by atoms with Crippen LogP contribution in [0.25, 0.3) is 0 Å². The Hall–Kier alpha value is -2.86. The third-order valence-corrected chi connectivity index (χ3v) is 5.07. The van der Waals surface area contributed by atoms with Crippen LogP contribution in [0.4, 0.5) is 0 Å². The Labute approximate surface area is 183 Å². The van der Waals surface area contributed by atoms with Crippen molar-refractivity contribution >= 4 is 11.9 Å². The van der Waals surface area contributed by atoms with Crippen molar-refractivity contribution in [2.75, 3.05) is 6.61 Å². The highest BCUT2D eigenvalue weighted by atomic mass is 16.6. The van der Waals surface area contributed by atoms with Gasteiger partial charge >= 0.3 is 5.97 Å². The first-order valence-electron chi connectivity index (χ1n) is 9.92. The molecule has 1 aliphatic heterocycles. The van der Waals surface area contributed by atoms with E-state index in [0.29, 0.717) is 5.56 Å². The highest BCUT2D eigenvalue weighted by molar-refractivity contribution is 5.87. The molecule has 0 spiro atoms. The molecule has 6 atom stereocenters. The smallest absolute Gasteiger partial charge is 0.335 e. The van der Waals surface area contributed by atoms with Gasteiger partial charge in [0.25, 0.3) is 0 Å². The number of aliphatic hydroxyl groups excluding tert-OH is 4. The number of amides is 1. The van der Waals surface area contributed by atoms with Gasteiger partial charge in [0.05, 0.1) is 18.6 Å². The summed E-state index contributed by atoms with van der Waals surface area (Å²) < 4.78 is 10.8. The summed E-state index contributed by atoms with van der Waals surface area (Å²) in [6, 6.07) is 14.7. The fourth-order valence-electron chi connectivity index (χ4n) is 3.26. The summed E-state index contributed by atoms with van der Waals surface area (Å²) in [7, 11) is 0. The molecular weight excluding hydrogens is 422 g/mol. The maximum absolute atomic E-state index is 12.6. The molecule has 1 saturated heterocycles. The number of rotatable bonds is 8. The lowest BCUT2D eigenvalue weighted by molar-refractivity contribution is -0.290. The standard InChI is InChI=1S/C22H25NO9/c24-16(10-12-4-2-1-3-5-12)23-20(13-6-8-14(9-7-13)21(28)29)31-11-15-17(25)18(26)19(27)22(30)32-15/h1-9,15,17-20,22,25-27,30H,10-11H2,(H,23,24)(H,28,29). The minimum atomic E-state index is -1.72. The second-order valence-corrected chi connectivity index (χ2v) is 7.41. The number of hydrogen-bond donors (Lipinski definition) is 6. The number of aromatic carboxylic acids is 1. The molecule has 3 rings (SSSR count).